The van der Waals surface area contributed by atoms with Crippen LogP contribution in [-0.4, -0.2) is 28.4 Å². The lowest BCUT2D eigenvalue weighted by molar-refractivity contribution is 0.0748. The van der Waals surface area contributed by atoms with Crippen molar-refractivity contribution in [2.24, 2.45) is 5.73 Å². The number of hydrogen-bond donors (Lipinski definition) is 1. The molecule has 0 aliphatic heterocycles. The Labute approximate surface area is 123 Å². The minimum atomic E-state index is -0.0243. The van der Waals surface area contributed by atoms with E-state index in [0.29, 0.717) is 34.6 Å². The summed E-state index contributed by atoms with van der Waals surface area (Å²) in [7, 11) is 0. The number of hydrogen-bond acceptors (Lipinski definition) is 2. The SMILES string of the molecule is Cc1ccc(C(=O)N(CCC(N)=S)C2CC2)c(Cl)c1. The zero-order valence-electron chi connectivity index (χ0n) is 10.9. The van der Waals surface area contributed by atoms with E-state index in [9.17, 15) is 4.79 Å². The molecule has 1 aromatic rings. The summed E-state index contributed by atoms with van der Waals surface area (Å²) in [6.45, 7) is 2.52. The molecule has 0 aromatic heterocycles. The zero-order chi connectivity index (χ0) is 14.0. The molecule has 0 radical (unpaired) electrons. The molecule has 1 aliphatic rings. The van der Waals surface area contributed by atoms with Crippen LogP contribution in [0.1, 0.15) is 35.2 Å². The molecule has 1 aromatic carbocycles. The van der Waals surface area contributed by atoms with Crippen LogP contribution >= 0.6 is 23.8 Å². The summed E-state index contributed by atoms with van der Waals surface area (Å²) in [5.74, 6) is -0.0243. The van der Waals surface area contributed by atoms with Crippen molar-refractivity contribution in [2.75, 3.05) is 6.54 Å². The monoisotopic (exact) mass is 296 g/mol. The first kappa shape index (κ1) is 14.3. The Hall–Kier alpha value is -1.13. The van der Waals surface area contributed by atoms with Crippen molar-refractivity contribution >= 4 is 34.7 Å². The summed E-state index contributed by atoms with van der Waals surface area (Å²) in [5.41, 5.74) is 7.12. The van der Waals surface area contributed by atoms with Crippen molar-refractivity contribution in [1.29, 1.82) is 0 Å². The van der Waals surface area contributed by atoms with Crippen molar-refractivity contribution in [3.05, 3.63) is 34.3 Å². The van der Waals surface area contributed by atoms with Crippen molar-refractivity contribution in [3.63, 3.8) is 0 Å². The first-order chi connectivity index (χ1) is 8.99. The predicted molar refractivity (Wildman–Crippen MR) is 81.6 cm³/mol. The summed E-state index contributed by atoms with van der Waals surface area (Å²) in [6.07, 6.45) is 2.65. The minimum Gasteiger partial charge on any atom is -0.393 e. The highest BCUT2D eigenvalue weighted by atomic mass is 35.5. The highest BCUT2D eigenvalue weighted by molar-refractivity contribution is 7.80. The first-order valence-electron chi connectivity index (χ1n) is 6.34. The summed E-state index contributed by atoms with van der Waals surface area (Å²) in [5, 5.41) is 0.506. The van der Waals surface area contributed by atoms with Gasteiger partial charge in [-0.3, -0.25) is 4.79 Å². The van der Waals surface area contributed by atoms with Gasteiger partial charge in [0.2, 0.25) is 0 Å². The van der Waals surface area contributed by atoms with E-state index in [4.69, 9.17) is 29.6 Å². The Morgan fingerprint density at radius 1 is 1.53 bits per heavy atom. The van der Waals surface area contributed by atoms with Crippen LogP contribution in [0.4, 0.5) is 0 Å². The van der Waals surface area contributed by atoms with E-state index in [1.807, 2.05) is 24.0 Å². The van der Waals surface area contributed by atoms with Gasteiger partial charge in [0.1, 0.15) is 0 Å². The molecule has 0 atom stereocenters. The molecule has 2 N–H and O–H groups in total. The third-order valence-corrected chi connectivity index (χ3v) is 3.72. The lowest BCUT2D eigenvalue weighted by Gasteiger charge is -2.22. The average Bonchev–Trinajstić information content (AvgIpc) is 3.13. The Kier molecular flexibility index (Phi) is 4.42. The zero-order valence-corrected chi connectivity index (χ0v) is 12.4. The number of nitrogens with zero attached hydrogens (tertiary/aromatic N) is 1. The molecule has 1 aliphatic carbocycles. The lowest BCUT2D eigenvalue weighted by atomic mass is 10.1. The fraction of sp³-hybridized carbons (Fsp3) is 0.429. The molecule has 102 valence electrons. The van der Waals surface area contributed by atoms with E-state index in [1.54, 1.807) is 6.07 Å². The second-order valence-electron chi connectivity index (χ2n) is 4.93. The molecular weight excluding hydrogens is 280 g/mol. The van der Waals surface area contributed by atoms with Gasteiger partial charge < -0.3 is 10.6 Å². The van der Waals surface area contributed by atoms with E-state index in [1.165, 1.54) is 0 Å². The molecule has 1 fully saturated rings. The standard InChI is InChI=1S/C14H17ClN2OS/c1-9-2-5-11(12(15)8-9)14(18)17(10-3-4-10)7-6-13(16)19/h2,5,8,10H,3-4,6-7H2,1H3,(H2,16,19). The molecule has 1 amide bonds. The van der Waals surface area contributed by atoms with Gasteiger partial charge in [0.25, 0.3) is 5.91 Å². The predicted octanol–water partition coefficient (Wildman–Crippen LogP) is 2.93. The largest absolute Gasteiger partial charge is 0.393 e. The lowest BCUT2D eigenvalue weighted by Crippen LogP contribution is -2.35. The van der Waals surface area contributed by atoms with Crippen molar-refractivity contribution < 1.29 is 4.79 Å². The summed E-state index contributed by atoms with van der Waals surface area (Å²) in [4.78, 5) is 14.8. The molecule has 0 unspecified atom stereocenters. The van der Waals surface area contributed by atoms with Crippen LogP contribution in [0.25, 0.3) is 0 Å². The van der Waals surface area contributed by atoms with Gasteiger partial charge in [0.05, 0.1) is 15.6 Å². The van der Waals surface area contributed by atoms with E-state index >= 15 is 0 Å². The van der Waals surface area contributed by atoms with Crippen molar-refractivity contribution in [1.82, 2.24) is 4.90 Å². The van der Waals surface area contributed by atoms with Gasteiger partial charge >= 0.3 is 0 Å². The van der Waals surface area contributed by atoms with Crippen LogP contribution in [0.5, 0.6) is 0 Å². The third-order valence-electron chi connectivity index (χ3n) is 3.20. The van der Waals surface area contributed by atoms with Gasteiger partial charge in [-0.2, -0.15) is 0 Å². The Morgan fingerprint density at radius 2 is 2.21 bits per heavy atom. The normalized spacial score (nSPS) is 14.2. The molecule has 3 nitrogen and oxygen atoms in total. The molecule has 0 saturated heterocycles. The number of carbonyl (C=O) groups is 1. The van der Waals surface area contributed by atoms with E-state index < -0.39 is 0 Å². The van der Waals surface area contributed by atoms with E-state index in [0.717, 1.165) is 18.4 Å². The van der Waals surface area contributed by atoms with Gasteiger partial charge in [-0.25, -0.2) is 0 Å². The quantitative estimate of drug-likeness (QED) is 0.850. The van der Waals surface area contributed by atoms with Crippen molar-refractivity contribution in [3.8, 4) is 0 Å². The molecule has 5 heteroatoms. The van der Waals surface area contributed by atoms with Gasteiger partial charge in [0, 0.05) is 19.0 Å². The summed E-state index contributed by atoms with van der Waals surface area (Å²) in [6, 6.07) is 5.82. The van der Waals surface area contributed by atoms with Crippen LogP contribution in [0.15, 0.2) is 18.2 Å². The number of aryl methyl sites for hydroxylation is 1. The van der Waals surface area contributed by atoms with E-state index in [-0.39, 0.29) is 5.91 Å². The molecule has 0 spiro atoms. The fourth-order valence-corrected chi connectivity index (χ4v) is 2.42. The number of nitrogens with two attached hydrogens (primary N) is 1. The van der Waals surface area contributed by atoms with Crippen LogP contribution in [0, 0.1) is 6.92 Å². The Balaban J connectivity index is 2.16. The summed E-state index contributed by atoms with van der Waals surface area (Å²) < 4.78 is 0. The maximum Gasteiger partial charge on any atom is 0.255 e. The number of benzene rings is 1. The molecule has 0 bridgehead atoms. The molecule has 0 heterocycles. The number of thiocarbonyl (C=S) groups is 1. The molecule has 19 heavy (non-hydrogen) atoms. The van der Waals surface area contributed by atoms with Gasteiger partial charge in [-0.15, -0.1) is 0 Å². The van der Waals surface area contributed by atoms with Crippen LogP contribution in [0.2, 0.25) is 5.02 Å². The highest BCUT2D eigenvalue weighted by Crippen LogP contribution is 2.30. The number of amides is 1. The van der Waals surface area contributed by atoms with Crippen LogP contribution < -0.4 is 5.73 Å². The third kappa shape index (κ3) is 3.67. The average molecular weight is 297 g/mol. The Morgan fingerprint density at radius 3 is 2.74 bits per heavy atom. The maximum absolute atomic E-state index is 12.5. The molecule has 1 saturated carbocycles. The molecule has 2 rings (SSSR count). The minimum absolute atomic E-state index is 0.0243. The van der Waals surface area contributed by atoms with Gasteiger partial charge in [-0.05, 0) is 37.5 Å². The van der Waals surface area contributed by atoms with Gasteiger partial charge in [-0.1, -0.05) is 29.9 Å². The maximum atomic E-state index is 12.5. The second-order valence-corrected chi connectivity index (χ2v) is 5.86. The second kappa shape index (κ2) is 5.88. The topological polar surface area (TPSA) is 46.3 Å². The number of halogens is 1. The van der Waals surface area contributed by atoms with E-state index in [2.05, 4.69) is 0 Å². The smallest absolute Gasteiger partial charge is 0.255 e. The molecular formula is C14H17ClN2OS. The number of rotatable bonds is 5. The van der Waals surface area contributed by atoms with Crippen molar-refractivity contribution in [2.45, 2.75) is 32.2 Å². The summed E-state index contributed by atoms with van der Waals surface area (Å²) >= 11 is 11.0. The van der Waals surface area contributed by atoms with Crippen LogP contribution in [0.3, 0.4) is 0 Å². The van der Waals surface area contributed by atoms with Crippen LogP contribution in [-0.2, 0) is 0 Å². The Bertz CT molecular complexity index is 514. The fourth-order valence-electron chi connectivity index (χ4n) is 2.02. The van der Waals surface area contributed by atoms with Gasteiger partial charge in [0.15, 0.2) is 0 Å². The first-order valence-corrected chi connectivity index (χ1v) is 7.13. The number of carbonyl (C=O) groups excluding carboxylic acids is 1. The highest BCUT2D eigenvalue weighted by Gasteiger charge is 2.33.